The lowest BCUT2D eigenvalue weighted by Gasteiger charge is -2.13. The Kier molecular flexibility index (Phi) is 3.54. The summed E-state index contributed by atoms with van der Waals surface area (Å²) in [5.74, 6) is 0.796. The van der Waals surface area contributed by atoms with E-state index < -0.39 is 0 Å². The summed E-state index contributed by atoms with van der Waals surface area (Å²) in [6, 6.07) is 11.0. The quantitative estimate of drug-likeness (QED) is 0.692. The minimum atomic E-state index is 0.357. The molecule has 3 rings (SSSR count). The fraction of sp³-hybridized carbons (Fsp3) is 0.125. The Morgan fingerprint density at radius 3 is 2.73 bits per heavy atom. The third-order valence-corrected chi connectivity index (χ3v) is 3.12. The van der Waals surface area contributed by atoms with E-state index in [1.54, 1.807) is 18.3 Å². The number of pyridine rings is 1. The van der Waals surface area contributed by atoms with Crippen molar-refractivity contribution in [3.63, 3.8) is 0 Å². The van der Waals surface area contributed by atoms with Crippen LogP contribution in [0.4, 0.5) is 11.4 Å². The molecule has 2 aromatic heterocycles. The monoisotopic (exact) mass is 291 g/mol. The second kappa shape index (κ2) is 5.66. The predicted octanol–water partition coefficient (Wildman–Crippen LogP) is 3.42. The van der Waals surface area contributed by atoms with Gasteiger partial charge in [-0.2, -0.15) is 4.98 Å². The summed E-state index contributed by atoms with van der Waals surface area (Å²) >= 11 is 0. The zero-order valence-electron chi connectivity index (χ0n) is 12.2. The van der Waals surface area contributed by atoms with Crippen LogP contribution >= 0.6 is 0 Å². The normalized spacial score (nSPS) is 10.2. The Labute approximate surface area is 127 Å². The highest BCUT2D eigenvalue weighted by molar-refractivity contribution is 5.71. The van der Waals surface area contributed by atoms with Crippen LogP contribution in [0.3, 0.4) is 0 Å². The van der Waals surface area contributed by atoms with Crippen molar-refractivity contribution >= 4 is 11.4 Å². The van der Waals surface area contributed by atoms with Crippen LogP contribution in [0.15, 0.2) is 47.1 Å². The Morgan fingerprint density at radius 2 is 2.05 bits per heavy atom. The fourth-order valence-electron chi connectivity index (χ4n) is 1.98. The molecule has 1 aromatic carbocycles. The fourth-order valence-corrected chi connectivity index (χ4v) is 1.98. The lowest BCUT2D eigenvalue weighted by atomic mass is 10.1. The number of nitrogens with zero attached hydrogens (tertiary/aromatic N) is 5. The topological polar surface area (TPSA) is 59.4 Å². The average molecular weight is 291 g/mol. The van der Waals surface area contributed by atoms with Gasteiger partial charge in [0.25, 0.3) is 5.89 Å². The third-order valence-electron chi connectivity index (χ3n) is 3.12. The molecule has 0 amide bonds. The van der Waals surface area contributed by atoms with Crippen LogP contribution in [-0.4, -0.2) is 29.2 Å². The van der Waals surface area contributed by atoms with Crippen LogP contribution in [0.1, 0.15) is 0 Å². The summed E-state index contributed by atoms with van der Waals surface area (Å²) in [7, 11) is 3.84. The van der Waals surface area contributed by atoms with Gasteiger partial charge in [0.1, 0.15) is 5.69 Å². The Bertz CT molecular complexity index is 833. The molecule has 0 saturated heterocycles. The van der Waals surface area contributed by atoms with Gasteiger partial charge in [0, 0.05) is 31.5 Å². The van der Waals surface area contributed by atoms with Gasteiger partial charge >= 0.3 is 0 Å². The highest BCUT2D eigenvalue weighted by Gasteiger charge is 2.13. The molecule has 0 spiro atoms. The van der Waals surface area contributed by atoms with Gasteiger partial charge in [0.05, 0.1) is 6.57 Å². The molecule has 108 valence electrons. The zero-order chi connectivity index (χ0) is 15.5. The number of anilines is 1. The van der Waals surface area contributed by atoms with E-state index in [1.807, 2.05) is 43.3 Å². The number of benzene rings is 1. The van der Waals surface area contributed by atoms with Gasteiger partial charge in [0.15, 0.2) is 5.69 Å². The first-order chi connectivity index (χ1) is 10.7. The van der Waals surface area contributed by atoms with Crippen LogP contribution in [0.5, 0.6) is 0 Å². The molecule has 3 aromatic rings. The maximum Gasteiger partial charge on any atom is 0.276 e. The molecule has 22 heavy (non-hydrogen) atoms. The summed E-state index contributed by atoms with van der Waals surface area (Å²) in [5, 5.41) is 3.99. The highest BCUT2D eigenvalue weighted by atomic mass is 16.5. The van der Waals surface area contributed by atoms with Gasteiger partial charge in [-0.3, -0.25) is 4.98 Å². The molecule has 0 saturated carbocycles. The van der Waals surface area contributed by atoms with E-state index in [0.29, 0.717) is 23.1 Å². The average Bonchev–Trinajstić information content (AvgIpc) is 3.05. The standard InChI is InChI=1S/C16H13N5O/c1-17-12-8-11(9-13(10-12)21(2)3)15-19-16(22-20-15)14-6-4-5-7-18-14/h4-10H,2-3H3. The maximum atomic E-state index is 7.21. The molecule has 6 nitrogen and oxygen atoms in total. The molecule has 0 radical (unpaired) electrons. The molecule has 0 aliphatic carbocycles. The van der Waals surface area contributed by atoms with Crippen molar-refractivity contribution in [3.05, 3.63) is 54.0 Å². The molecule has 0 atom stereocenters. The molecule has 0 bridgehead atoms. The Morgan fingerprint density at radius 1 is 1.18 bits per heavy atom. The van der Waals surface area contributed by atoms with Crippen molar-refractivity contribution < 1.29 is 4.52 Å². The summed E-state index contributed by atoms with van der Waals surface area (Å²) in [6.07, 6.45) is 1.67. The van der Waals surface area contributed by atoms with E-state index in [2.05, 4.69) is 20.0 Å². The second-order valence-electron chi connectivity index (χ2n) is 4.88. The molecule has 6 heteroatoms. The van der Waals surface area contributed by atoms with Gasteiger partial charge in [-0.25, -0.2) is 4.85 Å². The van der Waals surface area contributed by atoms with E-state index in [-0.39, 0.29) is 0 Å². The van der Waals surface area contributed by atoms with Crippen molar-refractivity contribution in [1.29, 1.82) is 0 Å². The largest absolute Gasteiger partial charge is 0.379 e. The van der Waals surface area contributed by atoms with Gasteiger partial charge in [-0.1, -0.05) is 11.2 Å². The Hall–Kier alpha value is -3.20. The number of hydrogen-bond acceptors (Lipinski definition) is 5. The van der Waals surface area contributed by atoms with E-state index in [9.17, 15) is 0 Å². The number of rotatable bonds is 3. The molecule has 0 aliphatic heterocycles. The highest BCUT2D eigenvalue weighted by Crippen LogP contribution is 2.29. The van der Waals surface area contributed by atoms with Gasteiger partial charge in [0.2, 0.25) is 5.82 Å². The van der Waals surface area contributed by atoms with Crippen molar-refractivity contribution in [2.24, 2.45) is 0 Å². The summed E-state index contributed by atoms with van der Waals surface area (Å²) in [4.78, 5) is 14.0. The molecule has 0 aliphatic rings. The molecule has 2 heterocycles. The maximum absolute atomic E-state index is 7.21. The van der Waals surface area contributed by atoms with Gasteiger partial charge < -0.3 is 9.42 Å². The van der Waals surface area contributed by atoms with Crippen LogP contribution in [0.2, 0.25) is 0 Å². The van der Waals surface area contributed by atoms with Crippen molar-refractivity contribution in [3.8, 4) is 23.0 Å². The minimum Gasteiger partial charge on any atom is -0.379 e. The second-order valence-corrected chi connectivity index (χ2v) is 4.88. The first-order valence-electron chi connectivity index (χ1n) is 6.63. The van der Waals surface area contributed by atoms with Crippen LogP contribution in [0.25, 0.3) is 27.8 Å². The third kappa shape index (κ3) is 2.65. The Balaban J connectivity index is 2.04. The van der Waals surface area contributed by atoms with Crippen molar-refractivity contribution in [2.45, 2.75) is 0 Å². The summed E-state index contributed by atoms with van der Waals surface area (Å²) in [6.45, 7) is 7.21. The summed E-state index contributed by atoms with van der Waals surface area (Å²) in [5.41, 5.74) is 2.80. The number of hydrogen-bond donors (Lipinski definition) is 0. The smallest absolute Gasteiger partial charge is 0.276 e. The van der Waals surface area contributed by atoms with Crippen LogP contribution in [0, 0.1) is 6.57 Å². The minimum absolute atomic E-state index is 0.357. The van der Waals surface area contributed by atoms with Gasteiger partial charge in [-0.05, 0) is 30.3 Å². The van der Waals surface area contributed by atoms with E-state index in [1.165, 1.54) is 0 Å². The van der Waals surface area contributed by atoms with E-state index >= 15 is 0 Å². The van der Waals surface area contributed by atoms with Crippen LogP contribution in [-0.2, 0) is 0 Å². The number of aromatic nitrogens is 3. The lowest BCUT2D eigenvalue weighted by Crippen LogP contribution is -2.08. The van der Waals surface area contributed by atoms with Crippen molar-refractivity contribution in [1.82, 2.24) is 15.1 Å². The molecular weight excluding hydrogens is 278 g/mol. The molecule has 0 unspecified atom stereocenters. The van der Waals surface area contributed by atoms with E-state index in [0.717, 1.165) is 11.3 Å². The summed E-state index contributed by atoms with van der Waals surface area (Å²) < 4.78 is 5.26. The SMILES string of the molecule is [C-]#[N+]c1cc(-c2noc(-c3ccccn3)n2)cc(N(C)C)c1. The molecule has 0 N–H and O–H groups in total. The lowest BCUT2D eigenvalue weighted by molar-refractivity contribution is 0.431. The molecule has 0 fully saturated rings. The van der Waals surface area contributed by atoms with Gasteiger partial charge in [-0.15, -0.1) is 0 Å². The van der Waals surface area contributed by atoms with E-state index in [4.69, 9.17) is 11.1 Å². The first kappa shape index (κ1) is 13.8. The van der Waals surface area contributed by atoms with Crippen molar-refractivity contribution in [2.75, 3.05) is 19.0 Å². The zero-order valence-corrected chi connectivity index (χ0v) is 12.2. The first-order valence-corrected chi connectivity index (χ1v) is 6.63. The predicted molar refractivity (Wildman–Crippen MR) is 83.6 cm³/mol. The van der Waals surface area contributed by atoms with Crippen LogP contribution < -0.4 is 4.90 Å². The molecular formula is C16H13N5O.